The topological polar surface area (TPSA) is 17.1 Å². The summed E-state index contributed by atoms with van der Waals surface area (Å²) in [7, 11) is 0. The predicted molar refractivity (Wildman–Crippen MR) is 30.9 cm³/mol. The quantitative estimate of drug-likeness (QED) is 0.569. The van der Waals surface area contributed by atoms with Crippen molar-refractivity contribution in [2.75, 3.05) is 13.3 Å². The summed E-state index contributed by atoms with van der Waals surface area (Å²) in [4.78, 5) is 10.2. The lowest BCUT2D eigenvalue weighted by Gasteiger charge is -2.15. The molecule has 0 amide bonds. The summed E-state index contributed by atoms with van der Waals surface area (Å²) >= 11 is 4.87. The second kappa shape index (κ2) is 3.11. The second-order valence-corrected chi connectivity index (χ2v) is 2.44. The van der Waals surface area contributed by atoms with E-state index >= 15 is 0 Å². The number of halogens is 3. The van der Waals surface area contributed by atoms with E-state index < -0.39 is 24.0 Å². The van der Waals surface area contributed by atoms with Gasteiger partial charge in [-0.15, -0.1) is 0 Å². The van der Waals surface area contributed by atoms with Gasteiger partial charge in [-0.3, -0.25) is 4.79 Å². The Labute approximate surface area is 57.0 Å². The molecular formula is C5H7ClF2O. The van der Waals surface area contributed by atoms with Crippen LogP contribution in [0.15, 0.2) is 0 Å². The molecule has 0 aromatic carbocycles. The van der Waals surface area contributed by atoms with Crippen LogP contribution in [0.1, 0.15) is 6.92 Å². The van der Waals surface area contributed by atoms with Crippen LogP contribution in [0.5, 0.6) is 0 Å². The van der Waals surface area contributed by atoms with Gasteiger partial charge in [0.25, 0.3) is 0 Å². The first-order valence-corrected chi connectivity index (χ1v) is 2.76. The van der Waals surface area contributed by atoms with E-state index in [4.69, 9.17) is 11.6 Å². The third-order valence-electron chi connectivity index (χ3n) is 1.06. The highest BCUT2D eigenvalue weighted by Gasteiger charge is 2.31. The predicted octanol–water partition coefficient (Wildman–Crippen LogP) is 1.70. The van der Waals surface area contributed by atoms with E-state index in [9.17, 15) is 13.6 Å². The van der Waals surface area contributed by atoms with Gasteiger partial charge in [0, 0.05) is 0 Å². The van der Waals surface area contributed by atoms with Crippen molar-refractivity contribution < 1.29 is 13.6 Å². The van der Waals surface area contributed by atoms with Crippen molar-refractivity contribution in [3.8, 4) is 0 Å². The molecule has 0 heterocycles. The first-order chi connectivity index (χ1) is 4.06. The van der Waals surface area contributed by atoms with Crippen molar-refractivity contribution in [1.29, 1.82) is 0 Å². The summed E-state index contributed by atoms with van der Waals surface area (Å²) < 4.78 is 23.5. The van der Waals surface area contributed by atoms with Crippen LogP contribution in [-0.4, -0.2) is 18.6 Å². The van der Waals surface area contributed by atoms with Crippen LogP contribution in [0.4, 0.5) is 8.78 Å². The Bertz CT molecular complexity index is 112. The Balaban J connectivity index is 4.09. The Morgan fingerprint density at radius 3 is 1.89 bits per heavy atom. The number of carbonyl (C=O) groups excluding carboxylic acids is 1. The summed E-state index contributed by atoms with van der Waals surface area (Å²) in [6.45, 7) is -0.958. The zero-order chi connectivity index (χ0) is 7.49. The molecule has 0 aliphatic rings. The van der Waals surface area contributed by atoms with E-state index in [1.165, 1.54) is 0 Å². The molecule has 0 rings (SSSR count). The highest BCUT2D eigenvalue weighted by molar-refractivity contribution is 6.64. The van der Waals surface area contributed by atoms with Gasteiger partial charge < -0.3 is 0 Å². The highest BCUT2D eigenvalue weighted by atomic mass is 35.5. The highest BCUT2D eigenvalue weighted by Crippen LogP contribution is 2.20. The molecule has 0 aliphatic carbocycles. The van der Waals surface area contributed by atoms with Gasteiger partial charge in [0.15, 0.2) is 0 Å². The molecule has 0 fully saturated rings. The molecule has 0 saturated carbocycles. The second-order valence-electron chi connectivity index (χ2n) is 2.10. The zero-order valence-electron chi connectivity index (χ0n) is 4.96. The van der Waals surface area contributed by atoms with Crippen molar-refractivity contribution in [3.05, 3.63) is 0 Å². The lowest BCUT2D eigenvalue weighted by Crippen LogP contribution is -2.28. The minimum Gasteiger partial charge on any atom is -0.280 e. The monoisotopic (exact) mass is 156 g/mol. The maximum Gasteiger partial charge on any atom is 0.232 e. The van der Waals surface area contributed by atoms with Gasteiger partial charge in [-0.1, -0.05) is 0 Å². The minimum absolute atomic E-state index is 0.965. The van der Waals surface area contributed by atoms with Crippen molar-refractivity contribution in [3.63, 3.8) is 0 Å². The van der Waals surface area contributed by atoms with E-state index in [2.05, 4.69) is 0 Å². The van der Waals surface area contributed by atoms with E-state index in [0.717, 1.165) is 6.92 Å². The van der Waals surface area contributed by atoms with Crippen LogP contribution in [0.25, 0.3) is 0 Å². The molecule has 0 atom stereocenters. The molecule has 0 aliphatic heterocycles. The SMILES string of the molecule is CC(CF)(CF)C(=O)Cl. The summed E-state index contributed by atoms with van der Waals surface area (Å²) in [5.74, 6) is 0. The van der Waals surface area contributed by atoms with Crippen LogP contribution in [0.3, 0.4) is 0 Å². The number of hydrogen-bond acceptors (Lipinski definition) is 1. The smallest absolute Gasteiger partial charge is 0.232 e. The van der Waals surface area contributed by atoms with Gasteiger partial charge in [0.1, 0.15) is 13.3 Å². The summed E-state index contributed by atoms with van der Waals surface area (Å²) in [6.07, 6.45) is 0. The maximum absolute atomic E-state index is 11.7. The van der Waals surface area contributed by atoms with E-state index in [1.807, 2.05) is 0 Å². The molecule has 0 spiro atoms. The third-order valence-corrected chi connectivity index (χ3v) is 1.52. The molecule has 54 valence electrons. The Morgan fingerprint density at radius 2 is 1.89 bits per heavy atom. The lowest BCUT2D eigenvalue weighted by atomic mass is 9.97. The van der Waals surface area contributed by atoms with Crippen LogP contribution in [0, 0.1) is 5.41 Å². The average molecular weight is 157 g/mol. The van der Waals surface area contributed by atoms with E-state index in [0.29, 0.717) is 0 Å². The molecule has 9 heavy (non-hydrogen) atoms. The van der Waals surface area contributed by atoms with Crippen LogP contribution in [0.2, 0.25) is 0 Å². The van der Waals surface area contributed by atoms with Gasteiger partial charge in [0.2, 0.25) is 5.24 Å². The fourth-order valence-electron chi connectivity index (χ4n) is 0.141. The molecule has 4 heteroatoms. The number of alkyl halides is 2. The average Bonchev–Trinajstić information content (AvgIpc) is 1.86. The molecular weight excluding hydrogens is 150 g/mol. The fourth-order valence-corrected chi connectivity index (χ4v) is 0.242. The van der Waals surface area contributed by atoms with E-state index in [-0.39, 0.29) is 0 Å². The molecule has 0 saturated heterocycles. The van der Waals surface area contributed by atoms with Gasteiger partial charge >= 0.3 is 0 Å². The summed E-state index contributed by atoms with van der Waals surface area (Å²) in [6, 6.07) is 0. The summed E-state index contributed by atoms with van der Waals surface area (Å²) in [5, 5.41) is -0.965. The molecule has 1 nitrogen and oxygen atoms in total. The van der Waals surface area contributed by atoms with Crippen molar-refractivity contribution in [1.82, 2.24) is 0 Å². The van der Waals surface area contributed by atoms with Crippen molar-refractivity contribution >= 4 is 16.8 Å². The van der Waals surface area contributed by atoms with E-state index in [1.54, 1.807) is 0 Å². The van der Waals surface area contributed by atoms with Gasteiger partial charge in [0.05, 0.1) is 5.41 Å². The Hall–Kier alpha value is -0.180. The zero-order valence-corrected chi connectivity index (χ0v) is 5.71. The molecule has 0 aromatic heterocycles. The lowest BCUT2D eigenvalue weighted by molar-refractivity contribution is -0.121. The standard InChI is InChI=1S/C5H7ClF2O/c1-5(2-7,3-8)4(6)9/h2-3H2,1H3. The number of hydrogen-bond donors (Lipinski definition) is 0. The van der Waals surface area contributed by atoms with Crippen LogP contribution >= 0.6 is 11.6 Å². The first kappa shape index (κ1) is 8.82. The normalized spacial score (nSPS) is 11.6. The fraction of sp³-hybridized carbons (Fsp3) is 0.800. The minimum atomic E-state index is -1.62. The molecule has 0 radical (unpaired) electrons. The molecule has 0 unspecified atom stereocenters. The largest absolute Gasteiger partial charge is 0.280 e. The van der Waals surface area contributed by atoms with Gasteiger partial charge in [-0.25, -0.2) is 8.78 Å². The molecule has 0 aromatic rings. The van der Waals surface area contributed by atoms with Crippen molar-refractivity contribution in [2.45, 2.75) is 6.92 Å². The first-order valence-electron chi connectivity index (χ1n) is 2.38. The number of carbonyl (C=O) groups is 1. The van der Waals surface area contributed by atoms with Gasteiger partial charge in [-0.05, 0) is 18.5 Å². The molecule has 0 N–H and O–H groups in total. The van der Waals surface area contributed by atoms with Crippen LogP contribution in [-0.2, 0) is 4.79 Å². The Morgan fingerprint density at radius 1 is 1.56 bits per heavy atom. The summed E-state index contributed by atoms with van der Waals surface area (Å²) in [5.41, 5.74) is -1.62. The third kappa shape index (κ3) is 1.90. The maximum atomic E-state index is 11.7. The van der Waals surface area contributed by atoms with Crippen LogP contribution < -0.4 is 0 Å². The molecule has 0 bridgehead atoms. The van der Waals surface area contributed by atoms with Gasteiger partial charge in [-0.2, -0.15) is 0 Å². The Kier molecular flexibility index (Phi) is 3.04. The number of rotatable bonds is 3. The van der Waals surface area contributed by atoms with Crippen molar-refractivity contribution in [2.24, 2.45) is 5.41 Å².